The number of nitrogens with zero attached hydrogens (tertiary/aromatic N) is 1. The van der Waals surface area contributed by atoms with E-state index in [1.807, 2.05) is 13.8 Å². The summed E-state index contributed by atoms with van der Waals surface area (Å²) in [6, 6.07) is 9.08. The molecule has 7 heteroatoms. The number of hydrogen-bond donors (Lipinski definition) is 1. The molecule has 0 radical (unpaired) electrons. The molecule has 1 N–H and O–H groups in total. The summed E-state index contributed by atoms with van der Waals surface area (Å²) in [5.74, 6) is -1.48. The van der Waals surface area contributed by atoms with Gasteiger partial charge in [0.05, 0.1) is 6.42 Å². The van der Waals surface area contributed by atoms with Crippen LogP contribution in [0.25, 0.3) is 0 Å². The molecule has 29 heavy (non-hydrogen) atoms. The van der Waals surface area contributed by atoms with Crippen molar-refractivity contribution in [2.75, 3.05) is 6.54 Å². The lowest BCUT2D eigenvalue weighted by Crippen LogP contribution is -2.48. The van der Waals surface area contributed by atoms with Gasteiger partial charge in [-0.15, -0.1) is 0 Å². The van der Waals surface area contributed by atoms with E-state index in [-0.39, 0.29) is 35.4 Å². The average molecular weight is 423 g/mol. The number of rotatable bonds is 8. The summed E-state index contributed by atoms with van der Waals surface area (Å²) in [6.45, 7) is 6.10. The molecule has 0 spiro atoms. The quantitative estimate of drug-likeness (QED) is 0.687. The third-order valence-electron chi connectivity index (χ3n) is 4.51. The van der Waals surface area contributed by atoms with Crippen LogP contribution in [0.1, 0.15) is 31.9 Å². The summed E-state index contributed by atoms with van der Waals surface area (Å²) in [7, 11) is 0. The van der Waals surface area contributed by atoms with Gasteiger partial charge in [-0.25, -0.2) is 8.78 Å². The number of carbonyl (C=O) groups excluding carboxylic acids is 2. The first-order chi connectivity index (χ1) is 13.7. The second-order valence-corrected chi connectivity index (χ2v) is 7.75. The molecule has 2 aromatic carbocycles. The number of benzene rings is 2. The van der Waals surface area contributed by atoms with Crippen molar-refractivity contribution in [1.29, 1.82) is 0 Å². The predicted octanol–water partition coefficient (Wildman–Crippen LogP) is 4.35. The van der Waals surface area contributed by atoms with E-state index < -0.39 is 23.6 Å². The molecule has 4 nitrogen and oxygen atoms in total. The standard InChI is InChI=1S/C22H25ClF2N2O2/c1-14(2)12-26-22(29)15(3)27(13-16-7-9-17(24)10-8-16)21(28)11-18-19(23)5-4-6-20(18)25/h4-10,14-15H,11-13H2,1-3H3,(H,26,29)/t15-/m1/s1. The van der Waals surface area contributed by atoms with E-state index in [0.717, 1.165) is 0 Å². The van der Waals surface area contributed by atoms with E-state index in [0.29, 0.717) is 12.1 Å². The first kappa shape index (κ1) is 22.8. The van der Waals surface area contributed by atoms with Gasteiger partial charge in [0.1, 0.15) is 17.7 Å². The minimum Gasteiger partial charge on any atom is -0.354 e. The van der Waals surface area contributed by atoms with E-state index in [9.17, 15) is 18.4 Å². The number of nitrogens with one attached hydrogen (secondary N) is 1. The number of carbonyl (C=O) groups is 2. The number of hydrogen-bond acceptors (Lipinski definition) is 2. The molecule has 0 aromatic heterocycles. The van der Waals surface area contributed by atoms with Gasteiger partial charge in [-0.2, -0.15) is 0 Å². The molecular weight excluding hydrogens is 398 g/mol. The fourth-order valence-corrected chi connectivity index (χ4v) is 3.01. The van der Waals surface area contributed by atoms with Gasteiger partial charge in [0.2, 0.25) is 11.8 Å². The molecule has 1 atom stereocenters. The van der Waals surface area contributed by atoms with E-state index in [2.05, 4.69) is 5.32 Å². The molecule has 0 saturated carbocycles. The van der Waals surface area contributed by atoms with Gasteiger partial charge < -0.3 is 10.2 Å². The summed E-state index contributed by atoms with van der Waals surface area (Å²) >= 11 is 6.05. The molecule has 0 fully saturated rings. The monoisotopic (exact) mass is 422 g/mol. The Morgan fingerprint density at radius 3 is 2.31 bits per heavy atom. The van der Waals surface area contributed by atoms with Crippen LogP contribution in [0.3, 0.4) is 0 Å². The summed E-state index contributed by atoms with van der Waals surface area (Å²) < 4.78 is 27.4. The number of amides is 2. The Bertz CT molecular complexity index is 836. The smallest absolute Gasteiger partial charge is 0.242 e. The fourth-order valence-electron chi connectivity index (χ4n) is 2.78. The van der Waals surface area contributed by atoms with E-state index in [1.165, 1.54) is 35.2 Å². The second kappa shape index (κ2) is 10.3. The first-order valence-electron chi connectivity index (χ1n) is 9.43. The fraction of sp³-hybridized carbons (Fsp3) is 0.364. The molecule has 2 aromatic rings. The Morgan fingerprint density at radius 1 is 1.07 bits per heavy atom. The van der Waals surface area contributed by atoms with Crippen molar-refractivity contribution in [2.45, 2.75) is 39.8 Å². The van der Waals surface area contributed by atoms with Gasteiger partial charge >= 0.3 is 0 Å². The zero-order valence-electron chi connectivity index (χ0n) is 16.7. The van der Waals surface area contributed by atoms with Crippen LogP contribution in [0.4, 0.5) is 8.78 Å². The molecule has 0 aliphatic heterocycles. The average Bonchev–Trinajstić information content (AvgIpc) is 2.67. The summed E-state index contributed by atoms with van der Waals surface area (Å²) in [6.07, 6.45) is -0.283. The highest BCUT2D eigenvalue weighted by atomic mass is 35.5. The Morgan fingerprint density at radius 2 is 1.72 bits per heavy atom. The van der Waals surface area contributed by atoms with Crippen molar-refractivity contribution in [3.63, 3.8) is 0 Å². The Labute approximate surface area is 174 Å². The van der Waals surface area contributed by atoms with Gasteiger partial charge in [-0.3, -0.25) is 9.59 Å². The van der Waals surface area contributed by atoms with Crippen LogP contribution in [-0.2, 0) is 22.6 Å². The largest absolute Gasteiger partial charge is 0.354 e. The van der Waals surface area contributed by atoms with E-state index in [4.69, 9.17) is 11.6 Å². The first-order valence-corrected chi connectivity index (χ1v) is 9.81. The Hall–Kier alpha value is -2.47. The number of halogens is 3. The molecule has 0 unspecified atom stereocenters. The molecule has 0 heterocycles. The predicted molar refractivity (Wildman–Crippen MR) is 109 cm³/mol. The van der Waals surface area contributed by atoms with Crippen LogP contribution in [0.15, 0.2) is 42.5 Å². The molecular formula is C22H25ClF2N2O2. The van der Waals surface area contributed by atoms with Crippen LogP contribution >= 0.6 is 11.6 Å². The highest BCUT2D eigenvalue weighted by Crippen LogP contribution is 2.21. The van der Waals surface area contributed by atoms with E-state index in [1.54, 1.807) is 19.1 Å². The molecule has 156 valence electrons. The Balaban J connectivity index is 2.26. The highest BCUT2D eigenvalue weighted by Gasteiger charge is 2.27. The molecule has 0 aliphatic rings. The van der Waals surface area contributed by atoms with Crippen molar-refractivity contribution in [1.82, 2.24) is 10.2 Å². The third kappa shape index (κ3) is 6.53. The van der Waals surface area contributed by atoms with Crippen LogP contribution in [0.2, 0.25) is 5.02 Å². The van der Waals surface area contributed by atoms with Crippen LogP contribution in [0.5, 0.6) is 0 Å². The molecule has 0 saturated heterocycles. The molecule has 0 bridgehead atoms. The molecule has 0 aliphatic carbocycles. The van der Waals surface area contributed by atoms with E-state index >= 15 is 0 Å². The second-order valence-electron chi connectivity index (χ2n) is 7.34. The maximum absolute atomic E-state index is 14.1. The summed E-state index contributed by atoms with van der Waals surface area (Å²) in [5.41, 5.74) is 0.737. The van der Waals surface area contributed by atoms with Crippen molar-refractivity contribution < 1.29 is 18.4 Å². The minimum atomic E-state index is -0.795. The lowest BCUT2D eigenvalue weighted by molar-refractivity contribution is -0.140. The molecule has 2 amide bonds. The molecule has 2 rings (SSSR count). The van der Waals surface area contributed by atoms with Gasteiger partial charge in [-0.05, 0) is 42.7 Å². The summed E-state index contributed by atoms with van der Waals surface area (Å²) in [5, 5.41) is 2.96. The normalized spacial score (nSPS) is 12.0. The zero-order valence-corrected chi connectivity index (χ0v) is 17.5. The Kier molecular flexibility index (Phi) is 8.14. The summed E-state index contributed by atoms with van der Waals surface area (Å²) in [4.78, 5) is 26.9. The van der Waals surface area contributed by atoms with Crippen molar-refractivity contribution >= 4 is 23.4 Å². The minimum absolute atomic E-state index is 0.0815. The zero-order chi connectivity index (χ0) is 21.6. The third-order valence-corrected chi connectivity index (χ3v) is 4.86. The SMILES string of the molecule is CC(C)CNC(=O)[C@@H](C)N(Cc1ccc(F)cc1)C(=O)Cc1c(F)cccc1Cl. The maximum Gasteiger partial charge on any atom is 0.242 e. The van der Waals surface area contributed by atoms with Crippen molar-refractivity contribution in [3.05, 3.63) is 70.2 Å². The van der Waals surface area contributed by atoms with Crippen LogP contribution < -0.4 is 5.32 Å². The van der Waals surface area contributed by atoms with Gasteiger partial charge in [-0.1, -0.05) is 43.6 Å². The topological polar surface area (TPSA) is 49.4 Å². The lowest BCUT2D eigenvalue weighted by atomic mass is 10.1. The van der Waals surface area contributed by atoms with Gasteiger partial charge in [0, 0.05) is 23.7 Å². The van der Waals surface area contributed by atoms with Gasteiger partial charge in [0.25, 0.3) is 0 Å². The van der Waals surface area contributed by atoms with Crippen molar-refractivity contribution in [3.8, 4) is 0 Å². The van der Waals surface area contributed by atoms with Crippen LogP contribution in [0, 0.1) is 17.6 Å². The lowest BCUT2D eigenvalue weighted by Gasteiger charge is -2.29. The van der Waals surface area contributed by atoms with Crippen molar-refractivity contribution in [2.24, 2.45) is 5.92 Å². The highest BCUT2D eigenvalue weighted by molar-refractivity contribution is 6.31. The maximum atomic E-state index is 14.1. The van der Waals surface area contributed by atoms with Crippen LogP contribution in [-0.4, -0.2) is 29.3 Å². The van der Waals surface area contributed by atoms with Gasteiger partial charge in [0.15, 0.2) is 0 Å².